The summed E-state index contributed by atoms with van der Waals surface area (Å²) >= 11 is 12.0. The molecule has 0 aliphatic carbocycles. The maximum atomic E-state index is 11.4. The van der Waals surface area contributed by atoms with Crippen molar-refractivity contribution in [3.8, 4) is 5.75 Å². The quantitative estimate of drug-likeness (QED) is 0.822. The van der Waals surface area contributed by atoms with Gasteiger partial charge < -0.3 is 15.4 Å². The molecule has 0 spiro atoms. The number of hydrogen-bond donors (Lipinski definition) is 1. The highest BCUT2D eigenvalue weighted by Gasteiger charge is 2.10. The summed E-state index contributed by atoms with van der Waals surface area (Å²) in [4.78, 5) is 13.0. The molecule has 1 aromatic carbocycles. The number of rotatable bonds is 6. The zero-order valence-electron chi connectivity index (χ0n) is 11.1. The summed E-state index contributed by atoms with van der Waals surface area (Å²) in [6.45, 7) is 0.709. The Bertz CT molecular complexity index is 451. The Morgan fingerprint density at radius 3 is 2.63 bits per heavy atom. The molecule has 0 radical (unpaired) electrons. The highest BCUT2D eigenvalue weighted by molar-refractivity contribution is 6.35. The normalized spacial score (nSPS) is 10.4. The molecule has 0 saturated heterocycles. The van der Waals surface area contributed by atoms with E-state index in [4.69, 9.17) is 33.7 Å². The molecule has 1 amide bonds. The predicted octanol–water partition coefficient (Wildman–Crippen LogP) is 2.70. The summed E-state index contributed by atoms with van der Waals surface area (Å²) in [5.41, 5.74) is 6.38. The zero-order chi connectivity index (χ0) is 14.4. The monoisotopic (exact) mass is 304 g/mol. The van der Waals surface area contributed by atoms with Crippen molar-refractivity contribution in [2.75, 3.05) is 20.7 Å². The Balaban J connectivity index is 2.56. The number of halogens is 2. The first-order valence-corrected chi connectivity index (χ1v) is 6.72. The average Bonchev–Trinajstić information content (AvgIpc) is 2.35. The molecule has 106 valence electrons. The molecule has 0 aromatic heterocycles. The van der Waals surface area contributed by atoms with Crippen LogP contribution in [0.1, 0.15) is 18.4 Å². The van der Waals surface area contributed by atoms with Gasteiger partial charge in [-0.3, -0.25) is 4.79 Å². The first-order chi connectivity index (χ1) is 8.95. The largest absolute Gasteiger partial charge is 0.492 e. The molecule has 4 nitrogen and oxygen atoms in total. The molecule has 19 heavy (non-hydrogen) atoms. The second-order valence-corrected chi connectivity index (χ2v) is 5.16. The van der Waals surface area contributed by atoms with E-state index >= 15 is 0 Å². The maximum absolute atomic E-state index is 11.4. The molecule has 0 fully saturated rings. The topological polar surface area (TPSA) is 55.6 Å². The van der Waals surface area contributed by atoms with Crippen molar-refractivity contribution < 1.29 is 9.53 Å². The number of benzene rings is 1. The Morgan fingerprint density at radius 2 is 2.05 bits per heavy atom. The van der Waals surface area contributed by atoms with Gasteiger partial charge in [-0.15, -0.1) is 0 Å². The molecule has 1 rings (SSSR count). The van der Waals surface area contributed by atoms with E-state index in [0.29, 0.717) is 41.8 Å². The Hall–Kier alpha value is -0.970. The molecule has 0 saturated carbocycles. The number of nitrogens with two attached hydrogens (primary N) is 1. The van der Waals surface area contributed by atoms with Crippen molar-refractivity contribution in [3.63, 3.8) is 0 Å². The van der Waals surface area contributed by atoms with E-state index in [1.54, 1.807) is 31.1 Å². The number of amides is 1. The third kappa shape index (κ3) is 4.90. The van der Waals surface area contributed by atoms with Crippen LogP contribution in [-0.4, -0.2) is 31.5 Å². The van der Waals surface area contributed by atoms with Crippen LogP contribution in [0, 0.1) is 0 Å². The van der Waals surface area contributed by atoms with Gasteiger partial charge >= 0.3 is 0 Å². The first kappa shape index (κ1) is 16.1. The molecule has 2 N–H and O–H groups in total. The Labute approximate surface area is 123 Å². The third-order valence-electron chi connectivity index (χ3n) is 2.59. The summed E-state index contributed by atoms with van der Waals surface area (Å²) < 4.78 is 5.60. The second-order valence-electron chi connectivity index (χ2n) is 4.32. The molecule has 1 aromatic rings. The number of nitrogens with zero attached hydrogens (tertiary/aromatic N) is 1. The Morgan fingerprint density at radius 1 is 1.37 bits per heavy atom. The fourth-order valence-electron chi connectivity index (χ4n) is 1.55. The van der Waals surface area contributed by atoms with E-state index in [1.807, 2.05) is 0 Å². The van der Waals surface area contributed by atoms with Crippen molar-refractivity contribution in [3.05, 3.63) is 27.7 Å². The van der Waals surface area contributed by atoms with E-state index in [1.165, 1.54) is 0 Å². The number of carbonyl (C=O) groups is 1. The van der Waals surface area contributed by atoms with Crippen LogP contribution in [-0.2, 0) is 11.3 Å². The van der Waals surface area contributed by atoms with Gasteiger partial charge in [0.05, 0.1) is 11.6 Å². The number of hydrogen-bond acceptors (Lipinski definition) is 3. The van der Waals surface area contributed by atoms with E-state index in [0.717, 1.165) is 5.56 Å². The fourth-order valence-corrected chi connectivity index (χ4v) is 2.14. The van der Waals surface area contributed by atoms with Crippen LogP contribution in [0.3, 0.4) is 0 Å². The molecule has 0 atom stereocenters. The molecule has 0 aliphatic rings. The standard InChI is InChI=1S/C13H18Cl2N2O2/c1-17(2)12(18)4-3-5-19-13-9(8-16)6-10(14)7-11(13)15/h6-7H,3-5,8,16H2,1-2H3. The summed E-state index contributed by atoms with van der Waals surface area (Å²) in [7, 11) is 3.46. The lowest BCUT2D eigenvalue weighted by atomic mass is 10.2. The molecular formula is C13H18Cl2N2O2. The minimum absolute atomic E-state index is 0.0739. The first-order valence-electron chi connectivity index (χ1n) is 5.96. The average molecular weight is 305 g/mol. The van der Waals surface area contributed by atoms with Crippen LogP contribution in [0.5, 0.6) is 5.75 Å². The summed E-state index contributed by atoms with van der Waals surface area (Å²) in [5, 5.41) is 0.965. The summed E-state index contributed by atoms with van der Waals surface area (Å²) in [6, 6.07) is 3.34. The van der Waals surface area contributed by atoms with Crippen molar-refractivity contribution >= 4 is 29.1 Å². The van der Waals surface area contributed by atoms with Gasteiger partial charge in [0, 0.05) is 37.6 Å². The molecule has 0 heterocycles. The predicted molar refractivity (Wildman–Crippen MR) is 77.8 cm³/mol. The van der Waals surface area contributed by atoms with Crippen molar-refractivity contribution in [1.29, 1.82) is 0 Å². The van der Waals surface area contributed by atoms with Crippen LogP contribution in [0.4, 0.5) is 0 Å². The van der Waals surface area contributed by atoms with Gasteiger partial charge in [-0.05, 0) is 18.6 Å². The molecule has 6 heteroatoms. The molecular weight excluding hydrogens is 287 g/mol. The lowest BCUT2D eigenvalue weighted by Gasteiger charge is -2.13. The zero-order valence-corrected chi connectivity index (χ0v) is 12.6. The van der Waals surface area contributed by atoms with Gasteiger partial charge in [0.2, 0.25) is 5.91 Å². The van der Waals surface area contributed by atoms with E-state index < -0.39 is 0 Å². The smallest absolute Gasteiger partial charge is 0.222 e. The third-order valence-corrected chi connectivity index (χ3v) is 3.08. The van der Waals surface area contributed by atoms with Crippen molar-refractivity contribution in [2.45, 2.75) is 19.4 Å². The fraction of sp³-hybridized carbons (Fsp3) is 0.462. The van der Waals surface area contributed by atoms with Gasteiger partial charge in [0.25, 0.3) is 0 Å². The highest BCUT2D eigenvalue weighted by atomic mass is 35.5. The molecule has 0 unspecified atom stereocenters. The van der Waals surface area contributed by atoms with Gasteiger partial charge in [0.15, 0.2) is 0 Å². The molecule has 0 bridgehead atoms. The van der Waals surface area contributed by atoms with E-state index in [2.05, 4.69) is 0 Å². The molecule has 0 aliphatic heterocycles. The number of carbonyl (C=O) groups excluding carboxylic acids is 1. The second kappa shape index (κ2) is 7.58. The highest BCUT2D eigenvalue weighted by Crippen LogP contribution is 2.32. The van der Waals surface area contributed by atoms with Gasteiger partial charge in [0.1, 0.15) is 5.75 Å². The Kier molecular flexibility index (Phi) is 6.42. The minimum Gasteiger partial charge on any atom is -0.492 e. The van der Waals surface area contributed by atoms with Crippen LogP contribution in [0.15, 0.2) is 12.1 Å². The SMILES string of the molecule is CN(C)C(=O)CCCOc1c(Cl)cc(Cl)cc1CN. The van der Waals surface area contributed by atoms with E-state index in [-0.39, 0.29) is 5.91 Å². The minimum atomic E-state index is 0.0739. The van der Waals surface area contributed by atoms with Crippen molar-refractivity contribution in [2.24, 2.45) is 5.73 Å². The van der Waals surface area contributed by atoms with Crippen LogP contribution < -0.4 is 10.5 Å². The summed E-state index contributed by atoms with van der Waals surface area (Å²) in [5.74, 6) is 0.621. The van der Waals surface area contributed by atoms with E-state index in [9.17, 15) is 4.79 Å². The lowest BCUT2D eigenvalue weighted by Crippen LogP contribution is -2.21. The maximum Gasteiger partial charge on any atom is 0.222 e. The van der Waals surface area contributed by atoms with Crippen LogP contribution >= 0.6 is 23.2 Å². The summed E-state index contributed by atoms with van der Waals surface area (Å²) in [6.07, 6.45) is 1.07. The van der Waals surface area contributed by atoms with Crippen LogP contribution in [0.2, 0.25) is 10.0 Å². The van der Waals surface area contributed by atoms with Gasteiger partial charge in [-0.25, -0.2) is 0 Å². The van der Waals surface area contributed by atoms with Gasteiger partial charge in [-0.2, -0.15) is 0 Å². The van der Waals surface area contributed by atoms with Gasteiger partial charge in [-0.1, -0.05) is 23.2 Å². The lowest BCUT2D eigenvalue weighted by molar-refractivity contribution is -0.128. The van der Waals surface area contributed by atoms with Crippen LogP contribution in [0.25, 0.3) is 0 Å². The van der Waals surface area contributed by atoms with Crippen molar-refractivity contribution in [1.82, 2.24) is 4.90 Å². The number of ether oxygens (including phenoxy) is 1.